The molecular formula is C19H17F3N2O3S. The van der Waals surface area contributed by atoms with Crippen molar-refractivity contribution in [1.29, 1.82) is 0 Å². The van der Waals surface area contributed by atoms with Crippen LogP contribution in [0.1, 0.15) is 29.0 Å². The SMILES string of the molecule is COC(=O)C1=C(C)N(Cc2cccs2)C(=O)N[C@@H]1c1ccccc1C(F)(F)F. The number of hydrogen-bond acceptors (Lipinski definition) is 4. The number of hydrogen-bond donors (Lipinski definition) is 1. The molecule has 2 aromatic rings. The molecular weight excluding hydrogens is 393 g/mol. The van der Waals surface area contributed by atoms with Gasteiger partial charge in [-0.3, -0.25) is 4.90 Å². The molecule has 1 aromatic heterocycles. The van der Waals surface area contributed by atoms with Gasteiger partial charge in [0.25, 0.3) is 0 Å². The highest BCUT2D eigenvalue weighted by Gasteiger charge is 2.41. The Morgan fingerprint density at radius 2 is 1.96 bits per heavy atom. The molecule has 0 saturated heterocycles. The van der Waals surface area contributed by atoms with Gasteiger partial charge in [-0.25, -0.2) is 9.59 Å². The van der Waals surface area contributed by atoms with Crippen LogP contribution in [0.4, 0.5) is 18.0 Å². The summed E-state index contributed by atoms with van der Waals surface area (Å²) in [5.74, 6) is -0.796. The van der Waals surface area contributed by atoms with E-state index in [9.17, 15) is 22.8 Å². The smallest absolute Gasteiger partial charge is 0.416 e. The summed E-state index contributed by atoms with van der Waals surface area (Å²) in [6, 6.07) is 6.66. The number of esters is 1. The first-order chi connectivity index (χ1) is 13.2. The molecule has 2 heterocycles. The van der Waals surface area contributed by atoms with E-state index in [1.54, 1.807) is 0 Å². The number of ether oxygens (including phenoxy) is 1. The zero-order valence-electron chi connectivity index (χ0n) is 15.0. The Morgan fingerprint density at radius 1 is 1.25 bits per heavy atom. The van der Waals surface area contributed by atoms with Crippen LogP contribution in [0.15, 0.2) is 53.0 Å². The largest absolute Gasteiger partial charge is 0.466 e. The molecule has 148 valence electrons. The first kappa shape index (κ1) is 19.9. The molecule has 0 unspecified atom stereocenters. The number of methoxy groups -OCH3 is 1. The topological polar surface area (TPSA) is 58.6 Å². The molecule has 28 heavy (non-hydrogen) atoms. The number of nitrogens with one attached hydrogen (secondary N) is 1. The minimum atomic E-state index is -4.63. The highest BCUT2D eigenvalue weighted by Crippen LogP contribution is 2.39. The first-order valence-electron chi connectivity index (χ1n) is 8.29. The Hall–Kier alpha value is -2.81. The lowest BCUT2D eigenvalue weighted by Gasteiger charge is -2.35. The van der Waals surface area contributed by atoms with Crippen molar-refractivity contribution >= 4 is 23.3 Å². The van der Waals surface area contributed by atoms with E-state index in [0.717, 1.165) is 18.1 Å². The molecule has 2 amide bonds. The predicted octanol–water partition coefficient (Wildman–Crippen LogP) is 4.48. The van der Waals surface area contributed by atoms with Crippen LogP contribution in [-0.2, 0) is 22.3 Å². The van der Waals surface area contributed by atoms with Crippen LogP contribution in [0, 0.1) is 0 Å². The van der Waals surface area contributed by atoms with Crippen molar-refractivity contribution in [2.45, 2.75) is 25.7 Å². The molecule has 0 bridgehead atoms. The number of carbonyl (C=O) groups is 2. The highest BCUT2D eigenvalue weighted by atomic mass is 32.1. The molecule has 1 aliphatic rings. The molecule has 1 N–H and O–H groups in total. The Labute approximate surface area is 163 Å². The molecule has 1 atom stereocenters. The van der Waals surface area contributed by atoms with Gasteiger partial charge in [0.05, 0.1) is 30.8 Å². The van der Waals surface area contributed by atoms with Gasteiger partial charge in [-0.05, 0) is 30.0 Å². The predicted molar refractivity (Wildman–Crippen MR) is 97.3 cm³/mol. The average Bonchev–Trinajstić information content (AvgIpc) is 3.16. The normalized spacial score (nSPS) is 17.5. The molecule has 0 spiro atoms. The summed E-state index contributed by atoms with van der Waals surface area (Å²) in [5.41, 5.74) is -0.901. The van der Waals surface area contributed by atoms with E-state index in [4.69, 9.17) is 4.74 Å². The highest BCUT2D eigenvalue weighted by molar-refractivity contribution is 7.09. The van der Waals surface area contributed by atoms with Gasteiger partial charge in [-0.2, -0.15) is 13.2 Å². The van der Waals surface area contributed by atoms with Crippen molar-refractivity contribution in [2.75, 3.05) is 7.11 Å². The number of rotatable bonds is 4. The van der Waals surface area contributed by atoms with Crippen LogP contribution in [0.5, 0.6) is 0 Å². The lowest BCUT2D eigenvalue weighted by Crippen LogP contribution is -2.47. The van der Waals surface area contributed by atoms with Crippen molar-refractivity contribution in [3.8, 4) is 0 Å². The molecule has 3 rings (SSSR count). The lowest BCUT2D eigenvalue weighted by atomic mass is 9.91. The maximum atomic E-state index is 13.5. The minimum Gasteiger partial charge on any atom is -0.466 e. The second-order valence-corrected chi connectivity index (χ2v) is 7.16. The van der Waals surface area contributed by atoms with Gasteiger partial charge in [0.15, 0.2) is 0 Å². The van der Waals surface area contributed by atoms with E-state index in [-0.39, 0.29) is 23.4 Å². The number of halogens is 3. The summed E-state index contributed by atoms with van der Waals surface area (Å²) in [5, 5.41) is 4.38. The van der Waals surface area contributed by atoms with E-state index in [1.165, 1.54) is 41.4 Å². The standard InChI is InChI=1S/C19H17F3N2O3S/c1-11-15(17(25)27-2)16(13-7-3-4-8-14(13)19(20,21)22)23-18(26)24(11)10-12-6-5-9-28-12/h3-9,16H,10H2,1-2H3,(H,23,26)/t16-/m1/s1. The molecule has 5 nitrogen and oxygen atoms in total. The number of benzene rings is 1. The number of amides is 2. The monoisotopic (exact) mass is 410 g/mol. The van der Waals surface area contributed by atoms with Crippen LogP contribution in [0.2, 0.25) is 0 Å². The average molecular weight is 410 g/mol. The first-order valence-corrected chi connectivity index (χ1v) is 9.17. The Balaban J connectivity index is 2.11. The summed E-state index contributed by atoms with van der Waals surface area (Å²) in [4.78, 5) is 27.3. The van der Waals surface area contributed by atoms with Gasteiger partial charge >= 0.3 is 18.2 Å². The lowest BCUT2D eigenvalue weighted by molar-refractivity contribution is -0.140. The van der Waals surface area contributed by atoms with E-state index in [2.05, 4.69) is 5.32 Å². The summed E-state index contributed by atoms with van der Waals surface area (Å²) in [6.45, 7) is 1.73. The summed E-state index contributed by atoms with van der Waals surface area (Å²) in [7, 11) is 1.15. The van der Waals surface area contributed by atoms with E-state index >= 15 is 0 Å². The van der Waals surface area contributed by atoms with E-state index in [0.29, 0.717) is 0 Å². The minimum absolute atomic E-state index is 0.0321. The molecule has 0 aliphatic carbocycles. The Morgan fingerprint density at radius 3 is 2.57 bits per heavy atom. The Kier molecular flexibility index (Phi) is 5.46. The Bertz CT molecular complexity index is 923. The number of carbonyl (C=O) groups excluding carboxylic acids is 2. The number of nitrogens with zero attached hydrogens (tertiary/aromatic N) is 1. The van der Waals surface area contributed by atoms with Gasteiger partial charge in [-0.1, -0.05) is 24.3 Å². The summed E-state index contributed by atoms with van der Waals surface area (Å²) < 4.78 is 45.2. The molecule has 1 aliphatic heterocycles. The van der Waals surface area contributed by atoms with Crippen LogP contribution in [0.25, 0.3) is 0 Å². The number of thiophene rings is 1. The van der Waals surface area contributed by atoms with Crippen LogP contribution < -0.4 is 5.32 Å². The van der Waals surface area contributed by atoms with Crippen molar-refractivity contribution in [2.24, 2.45) is 0 Å². The van der Waals surface area contributed by atoms with Crippen molar-refractivity contribution in [3.05, 3.63) is 69.1 Å². The summed E-state index contributed by atoms with van der Waals surface area (Å²) in [6.07, 6.45) is -4.63. The second kappa shape index (κ2) is 7.67. The number of allylic oxidation sites excluding steroid dienone is 1. The zero-order chi connectivity index (χ0) is 20.5. The molecule has 1 aromatic carbocycles. The molecule has 0 fully saturated rings. The van der Waals surface area contributed by atoms with E-state index in [1.807, 2.05) is 17.5 Å². The fraction of sp³-hybridized carbons (Fsp3) is 0.263. The summed E-state index contributed by atoms with van der Waals surface area (Å²) >= 11 is 1.43. The fourth-order valence-corrected chi connectivity index (χ4v) is 3.84. The third-order valence-electron chi connectivity index (χ3n) is 4.47. The van der Waals surface area contributed by atoms with Gasteiger partial charge in [0.1, 0.15) is 0 Å². The molecule has 0 radical (unpaired) electrons. The molecule has 9 heteroatoms. The van der Waals surface area contributed by atoms with Gasteiger partial charge in [0.2, 0.25) is 0 Å². The number of urea groups is 1. The van der Waals surface area contributed by atoms with E-state index < -0.39 is 29.8 Å². The van der Waals surface area contributed by atoms with Crippen LogP contribution in [0.3, 0.4) is 0 Å². The van der Waals surface area contributed by atoms with Gasteiger partial charge < -0.3 is 10.1 Å². The third-order valence-corrected chi connectivity index (χ3v) is 5.33. The van der Waals surface area contributed by atoms with Crippen molar-refractivity contribution in [1.82, 2.24) is 10.2 Å². The second-order valence-electron chi connectivity index (χ2n) is 6.12. The van der Waals surface area contributed by atoms with Gasteiger partial charge in [-0.15, -0.1) is 11.3 Å². The fourth-order valence-electron chi connectivity index (χ4n) is 3.14. The van der Waals surface area contributed by atoms with Gasteiger partial charge in [0, 0.05) is 10.6 Å². The maximum Gasteiger partial charge on any atom is 0.416 e. The zero-order valence-corrected chi connectivity index (χ0v) is 15.9. The van der Waals surface area contributed by atoms with Crippen molar-refractivity contribution < 1.29 is 27.5 Å². The quantitative estimate of drug-likeness (QED) is 0.756. The third kappa shape index (κ3) is 3.75. The molecule has 0 saturated carbocycles. The van der Waals surface area contributed by atoms with Crippen LogP contribution >= 0.6 is 11.3 Å². The van der Waals surface area contributed by atoms with Crippen molar-refractivity contribution in [3.63, 3.8) is 0 Å². The van der Waals surface area contributed by atoms with Crippen LogP contribution in [-0.4, -0.2) is 24.0 Å². The maximum absolute atomic E-state index is 13.5. The number of alkyl halides is 3.